The smallest absolute Gasteiger partial charge is 0.0950 e. The van der Waals surface area contributed by atoms with Gasteiger partial charge in [0, 0.05) is 11.6 Å². The van der Waals surface area contributed by atoms with E-state index in [0.717, 1.165) is 18.4 Å². The maximum atomic E-state index is 5.10. The molecular weight excluding hydrogens is 198 g/mol. The van der Waals surface area contributed by atoms with Crippen LogP contribution in [0.25, 0.3) is 0 Å². The van der Waals surface area contributed by atoms with E-state index in [2.05, 4.69) is 19.2 Å². The average molecular weight is 221 g/mol. The largest absolute Gasteiger partial charge is 0.472 e. The highest BCUT2D eigenvalue weighted by atomic mass is 16.3. The van der Waals surface area contributed by atoms with Crippen molar-refractivity contribution in [2.75, 3.05) is 6.54 Å². The molecule has 1 aliphatic rings. The van der Waals surface area contributed by atoms with Crippen molar-refractivity contribution in [3.63, 3.8) is 0 Å². The summed E-state index contributed by atoms with van der Waals surface area (Å²) in [5.41, 5.74) is 1.25. The van der Waals surface area contributed by atoms with Crippen LogP contribution in [0.3, 0.4) is 0 Å². The van der Waals surface area contributed by atoms with Gasteiger partial charge in [-0.15, -0.1) is 0 Å². The maximum absolute atomic E-state index is 5.10. The van der Waals surface area contributed by atoms with Crippen molar-refractivity contribution in [1.29, 1.82) is 0 Å². The fourth-order valence-electron chi connectivity index (χ4n) is 2.73. The van der Waals surface area contributed by atoms with Crippen molar-refractivity contribution in [2.45, 2.75) is 45.6 Å². The summed E-state index contributed by atoms with van der Waals surface area (Å²) in [5.74, 6) is 1.79. The highest BCUT2D eigenvalue weighted by Gasteiger charge is 2.19. The van der Waals surface area contributed by atoms with Crippen molar-refractivity contribution in [3.8, 4) is 0 Å². The normalized spacial score (nSPS) is 27.9. The van der Waals surface area contributed by atoms with E-state index in [1.807, 2.05) is 12.3 Å². The second kappa shape index (κ2) is 5.53. The number of hydrogen-bond acceptors (Lipinski definition) is 2. The second-order valence-corrected chi connectivity index (χ2v) is 5.32. The van der Waals surface area contributed by atoms with Gasteiger partial charge in [0.1, 0.15) is 0 Å². The molecule has 0 radical (unpaired) electrons. The molecule has 2 nitrogen and oxygen atoms in total. The van der Waals surface area contributed by atoms with E-state index in [4.69, 9.17) is 4.42 Å². The summed E-state index contributed by atoms with van der Waals surface area (Å²) in [6, 6.07) is 2.46. The van der Waals surface area contributed by atoms with Crippen molar-refractivity contribution in [2.24, 2.45) is 11.8 Å². The van der Waals surface area contributed by atoms with Crippen molar-refractivity contribution < 1.29 is 4.42 Å². The molecule has 0 spiro atoms. The number of nitrogens with one attached hydrogen (secondary N) is 1. The van der Waals surface area contributed by atoms with Crippen LogP contribution >= 0.6 is 0 Å². The molecule has 2 heteroatoms. The average Bonchev–Trinajstić information content (AvgIpc) is 2.79. The summed E-state index contributed by atoms with van der Waals surface area (Å²) >= 11 is 0. The Morgan fingerprint density at radius 3 is 3.06 bits per heavy atom. The molecule has 0 amide bonds. The Balaban J connectivity index is 1.74. The standard InChI is InChI=1S/C14H23NO/c1-11-4-3-5-13(8-11)9-15-12(2)14-6-7-16-10-14/h6-7,10-13,15H,3-5,8-9H2,1-2H3. The van der Waals surface area contributed by atoms with Gasteiger partial charge in [0.15, 0.2) is 0 Å². The molecule has 1 heterocycles. The zero-order chi connectivity index (χ0) is 11.4. The van der Waals surface area contributed by atoms with Gasteiger partial charge in [-0.25, -0.2) is 0 Å². The Hall–Kier alpha value is -0.760. The molecule has 0 saturated heterocycles. The van der Waals surface area contributed by atoms with Gasteiger partial charge in [-0.05, 0) is 44.2 Å². The third-order valence-corrected chi connectivity index (χ3v) is 3.80. The third-order valence-electron chi connectivity index (χ3n) is 3.80. The highest BCUT2D eigenvalue weighted by molar-refractivity contribution is 5.10. The van der Waals surface area contributed by atoms with Gasteiger partial charge in [0.2, 0.25) is 0 Å². The highest BCUT2D eigenvalue weighted by Crippen LogP contribution is 2.28. The predicted octanol–water partition coefficient (Wildman–Crippen LogP) is 3.76. The third kappa shape index (κ3) is 3.11. The Bertz CT molecular complexity index is 294. The minimum absolute atomic E-state index is 0.413. The Kier molecular flexibility index (Phi) is 4.05. The number of furan rings is 1. The van der Waals surface area contributed by atoms with Gasteiger partial charge in [-0.3, -0.25) is 0 Å². The molecular formula is C14H23NO. The Morgan fingerprint density at radius 1 is 1.50 bits per heavy atom. The first-order valence-corrected chi connectivity index (χ1v) is 6.51. The molecule has 0 aliphatic heterocycles. The molecule has 16 heavy (non-hydrogen) atoms. The lowest BCUT2D eigenvalue weighted by molar-refractivity contribution is 0.268. The molecule has 0 aromatic carbocycles. The summed E-state index contributed by atoms with van der Waals surface area (Å²) in [5, 5.41) is 3.62. The first-order valence-electron chi connectivity index (χ1n) is 6.51. The molecule has 1 N–H and O–H groups in total. The first kappa shape index (κ1) is 11.7. The fraction of sp³-hybridized carbons (Fsp3) is 0.714. The topological polar surface area (TPSA) is 25.2 Å². The van der Waals surface area contributed by atoms with Crippen LogP contribution in [0.1, 0.15) is 51.1 Å². The van der Waals surface area contributed by atoms with Gasteiger partial charge in [0.05, 0.1) is 12.5 Å². The molecule has 1 fully saturated rings. The predicted molar refractivity (Wildman–Crippen MR) is 66.2 cm³/mol. The molecule has 3 unspecified atom stereocenters. The first-order chi connectivity index (χ1) is 7.75. The molecule has 3 atom stereocenters. The van der Waals surface area contributed by atoms with E-state index in [1.54, 1.807) is 6.26 Å². The quantitative estimate of drug-likeness (QED) is 0.837. The van der Waals surface area contributed by atoms with E-state index < -0.39 is 0 Å². The minimum atomic E-state index is 0.413. The molecule has 1 aliphatic carbocycles. The zero-order valence-electron chi connectivity index (χ0n) is 10.4. The van der Waals surface area contributed by atoms with Gasteiger partial charge in [-0.2, -0.15) is 0 Å². The van der Waals surface area contributed by atoms with Gasteiger partial charge in [-0.1, -0.05) is 19.8 Å². The van der Waals surface area contributed by atoms with Crippen LogP contribution in [0.5, 0.6) is 0 Å². The van der Waals surface area contributed by atoms with E-state index in [1.165, 1.54) is 31.2 Å². The molecule has 1 aromatic rings. The monoisotopic (exact) mass is 221 g/mol. The summed E-state index contributed by atoms with van der Waals surface area (Å²) in [6.07, 6.45) is 9.21. The molecule has 1 aromatic heterocycles. The van der Waals surface area contributed by atoms with E-state index in [9.17, 15) is 0 Å². The van der Waals surface area contributed by atoms with Crippen LogP contribution in [0, 0.1) is 11.8 Å². The number of rotatable bonds is 4. The Morgan fingerprint density at radius 2 is 2.38 bits per heavy atom. The van der Waals surface area contributed by atoms with Crippen LogP contribution < -0.4 is 5.32 Å². The maximum Gasteiger partial charge on any atom is 0.0950 e. The summed E-state index contributed by atoms with van der Waals surface area (Å²) in [4.78, 5) is 0. The summed E-state index contributed by atoms with van der Waals surface area (Å²) in [6.45, 7) is 5.74. The van der Waals surface area contributed by atoms with Crippen molar-refractivity contribution in [1.82, 2.24) is 5.32 Å². The molecule has 0 bridgehead atoms. The zero-order valence-corrected chi connectivity index (χ0v) is 10.4. The Labute approximate surface area is 98.4 Å². The minimum Gasteiger partial charge on any atom is -0.472 e. The van der Waals surface area contributed by atoms with Crippen LogP contribution in [-0.2, 0) is 0 Å². The van der Waals surface area contributed by atoms with Gasteiger partial charge >= 0.3 is 0 Å². The summed E-state index contributed by atoms with van der Waals surface area (Å²) in [7, 11) is 0. The van der Waals surface area contributed by atoms with Crippen LogP contribution in [0.2, 0.25) is 0 Å². The van der Waals surface area contributed by atoms with Crippen molar-refractivity contribution >= 4 is 0 Å². The van der Waals surface area contributed by atoms with E-state index in [-0.39, 0.29) is 0 Å². The van der Waals surface area contributed by atoms with Crippen LogP contribution in [0.4, 0.5) is 0 Å². The number of hydrogen-bond donors (Lipinski definition) is 1. The van der Waals surface area contributed by atoms with Crippen molar-refractivity contribution in [3.05, 3.63) is 24.2 Å². The van der Waals surface area contributed by atoms with E-state index >= 15 is 0 Å². The molecule has 1 saturated carbocycles. The van der Waals surface area contributed by atoms with Crippen LogP contribution in [0.15, 0.2) is 23.0 Å². The SMILES string of the molecule is CC1CCCC(CNC(C)c2ccoc2)C1. The van der Waals surface area contributed by atoms with Gasteiger partial charge < -0.3 is 9.73 Å². The molecule has 2 rings (SSSR count). The summed E-state index contributed by atoms with van der Waals surface area (Å²) < 4.78 is 5.10. The lowest BCUT2D eigenvalue weighted by Crippen LogP contribution is -2.28. The second-order valence-electron chi connectivity index (χ2n) is 5.32. The van der Waals surface area contributed by atoms with E-state index in [0.29, 0.717) is 6.04 Å². The molecule has 90 valence electrons. The lowest BCUT2D eigenvalue weighted by atomic mass is 9.82. The fourth-order valence-corrected chi connectivity index (χ4v) is 2.73. The van der Waals surface area contributed by atoms with Crippen LogP contribution in [-0.4, -0.2) is 6.54 Å². The lowest BCUT2D eigenvalue weighted by Gasteiger charge is -2.28. The van der Waals surface area contributed by atoms with Gasteiger partial charge in [0.25, 0.3) is 0 Å².